The number of carbonyl (C=O) groups is 1. The van der Waals surface area contributed by atoms with Gasteiger partial charge < -0.3 is 10.2 Å². The Labute approximate surface area is 112 Å². The first-order chi connectivity index (χ1) is 8.61. The van der Waals surface area contributed by atoms with Gasteiger partial charge in [0, 0.05) is 26.6 Å². The van der Waals surface area contributed by atoms with Crippen molar-refractivity contribution in [2.24, 2.45) is 5.92 Å². The third-order valence-corrected chi connectivity index (χ3v) is 3.66. The quantitative estimate of drug-likeness (QED) is 0.737. The Hall–Kier alpha value is -0.830. The monoisotopic (exact) mass is 252 g/mol. The van der Waals surface area contributed by atoms with Crippen LogP contribution in [0.5, 0.6) is 0 Å². The molecule has 1 fully saturated rings. The van der Waals surface area contributed by atoms with Crippen LogP contribution in [0, 0.1) is 5.92 Å². The van der Waals surface area contributed by atoms with Crippen molar-refractivity contribution in [1.29, 1.82) is 0 Å². The van der Waals surface area contributed by atoms with Gasteiger partial charge in [0.1, 0.15) is 0 Å². The summed E-state index contributed by atoms with van der Waals surface area (Å²) in [6.45, 7) is 7.88. The molecule has 0 unspecified atom stereocenters. The van der Waals surface area contributed by atoms with E-state index in [0.717, 1.165) is 12.8 Å². The minimum atomic E-state index is 0.177. The molecule has 0 aliphatic carbocycles. The molecule has 0 saturated carbocycles. The van der Waals surface area contributed by atoms with E-state index in [-0.39, 0.29) is 5.91 Å². The summed E-state index contributed by atoms with van der Waals surface area (Å²) in [5, 5.41) is 2.70. The summed E-state index contributed by atoms with van der Waals surface area (Å²) >= 11 is 0. The van der Waals surface area contributed by atoms with Crippen LogP contribution in [0.4, 0.5) is 0 Å². The number of amides is 1. The predicted molar refractivity (Wildman–Crippen MR) is 76.5 cm³/mol. The molecular formula is C15H28N2O. The number of nitrogens with zero attached hydrogens (tertiary/aromatic N) is 1. The summed E-state index contributed by atoms with van der Waals surface area (Å²) < 4.78 is 0. The molecule has 0 radical (unpaired) electrons. The van der Waals surface area contributed by atoms with Gasteiger partial charge in [-0.3, -0.25) is 4.79 Å². The second-order valence-electron chi connectivity index (χ2n) is 5.59. The van der Waals surface area contributed by atoms with Gasteiger partial charge in [0.25, 0.3) is 0 Å². The molecule has 3 heteroatoms. The molecule has 18 heavy (non-hydrogen) atoms. The number of rotatable bonds is 6. The highest BCUT2D eigenvalue weighted by Crippen LogP contribution is 2.21. The lowest BCUT2D eigenvalue weighted by Gasteiger charge is -2.32. The van der Waals surface area contributed by atoms with Gasteiger partial charge in [-0.25, -0.2) is 0 Å². The summed E-state index contributed by atoms with van der Waals surface area (Å²) in [5.41, 5.74) is 1.41. The van der Waals surface area contributed by atoms with E-state index in [0.29, 0.717) is 12.3 Å². The second kappa shape index (κ2) is 8.30. The van der Waals surface area contributed by atoms with Crippen molar-refractivity contribution < 1.29 is 4.79 Å². The minimum absolute atomic E-state index is 0.177. The third kappa shape index (κ3) is 6.20. The summed E-state index contributed by atoms with van der Waals surface area (Å²) in [4.78, 5) is 13.8. The Bertz CT molecular complexity index is 282. The molecule has 0 aromatic carbocycles. The van der Waals surface area contributed by atoms with Crippen LogP contribution in [0.15, 0.2) is 11.6 Å². The fourth-order valence-electron chi connectivity index (χ4n) is 2.59. The SMILES string of the molecule is CNC(=O)CC[C@@H]1CCCN(CCC=C(C)C)C1. The summed E-state index contributed by atoms with van der Waals surface area (Å²) in [6.07, 6.45) is 7.77. The Morgan fingerprint density at radius 3 is 2.89 bits per heavy atom. The number of piperidine rings is 1. The minimum Gasteiger partial charge on any atom is -0.359 e. The zero-order valence-corrected chi connectivity index (χ0v) is 12.2. The Kier molecular flexibility index (Phi) is 7.02. The maximum absolute atomic E-state index is 11.3. The first-order valence-corrected chi connectivity index (χ1v) is 7.18. The van der Waals surface area contributed by atoms with Crippen molar-refractivity contribution in [2.45, 2.75) is 46.0 Å². The fourth-order valence-corrected chi connectivity index (χ4v) is 2.59. The predicted octanol–water partition coefficient (Wildman–Crippen LogP) is 2.58. The molecule has 1 aliphatic heterocycles. The van der Waals surface area contributed by atoms with Crippen LogP contribution >= 0.6 is 0 Å². The van der Waals surface area contributed by atoms with Crippen LogP contribution in [0.2, 0.25) is 0 Å². The van der Waals surface area contributed by atoms with E-state index in [1.54, 1.807) is 7.05 Å². The number of nitrogens with one attached hydrogen (secondary N) is 1. The van der Waals surface area contributed by atoms with Gasteiger partial charge in [0.05, 0.1) is 0 Å². The number of hydrogen-bond acceptors (Lipinski definition) is 2. The highest BCUT2D eigenvalue weighted by Gasteiger charge is 2.19. The van der Waals surface area contributed by atoms with Gasteiger partial charge in [-0.15, -0.1) is 0 Å². The van der Waals surface area contributed by atoms with Crippen molar-refractivity contribution in [1.82, 2.24) is 10.2 Å². The van der Waals surface area contributed by atoms with Gasteiger partial charge in [0.15, 0.2) is 0 Å². The average Bonchev–Trinajstić information content (AvgIpc) is 2.36. The molecule has 0 spiro atoms. The lowest BCUT2D eigenvalue weighted by atomic mass is 9.93. The van der Waals surface area contributed by atoms with Crippen molar-refractivity contribution in [2.75, 3.05) is 26.7 Å². The molecule has 3 nitrogen and oxygen atoms in total. The topological polar surface area (TPSA) is 32.3 Å². The third-order valence-electron chi connectivity index (χ3n) is 3.66. The van der Waals surface area contributed by atoms with Gasteiger partial charge in [-0.1, -0.05) is 11.6 Å². The van der Waals surface area contributed by atoms with E-state index in [2.05, 4.69) is 30.1 Å². The first-order valence-electron chi connectivity index (χ1n) is 7.18. The molecule has 1 rings (SSSR count). The Morgan fingerprint density at radius 1 is 1.44 bits per heavy atom. The van der Waals surface area contributed by atoms with Crippen LogP contribution < -0.4 is 5.32 Å². The van der Waals surface area contributed by atoms with E-state index >= 15 is 0 Å². The number of allylic oxidation sites excluding steroid dienone is 1. The standard InChI is InChI=1S/C15H28N2O/c1-13(2)6-4-10-17-11-5-7-14(12-17)8-9-15(18)16-3/h6,14H,4-5,7-12H2,1-3H3,(H,16,18)/t14-/m0/s1. The summed E-state index contributed by atoms with van der Waals surface area (Å²) in [6, 6.07) is 0. The molecule has 104 valence electrons. The van der Waals surface area contributed by atoms with Gasteiger partial charge in [-0.2, -0.15) is 0 Å². The molecule has 1 heterocycles. The van der Waals surface area contributed by atoms with E-state index < -0.39 is 0 Å². The van der Waals surface area contributed by atoms with Gasteiger partial charge in [-0.05, 0) is 52.0 Å². The van der Waals surface area contributed by atoms with E-state index in [1.807, 2.05) is 0 Å². The van der Waals surface area contributed by atoms with Crippen LogP contribution in [-0.2, 0) is 4.79 Å². The maximum Gasteiger partial charge on any atom is 0.219 e. The zero-order chi connectivity index (χ0) is 13.4. The normalized spacial score (nSPS) is 20.5. The first kappa shape index (κ1) is 15.2. The molecule has 1 atom stereocenters. The van der Waals surface area contributed by atoms with Crippen molar-refractivity contribution in [3.05, 3.63) is 11.6 Å². The smallest absolute Gasteiger partial charge is 0.219 e. The van der Waals surface area contributed by atoms with Crippen LogP contribution in [0.1, 0.15) is 46.0 Å². The molecule has 0 bridgehead atoms. The van der Waals surface area contributed by atoms with Crippen LogP contribution in [0.25, 0.3) is 0 Å². The summed E-state index contributed by atoms with van der Waals surface area (Å²) in [7, 11) is 1.72. The van der Waals surface area contributed by atoms with Crippen LogP contribution in [-0.4, -0.2) is 37.5 Å². The van der Waals surface area contributed by atoms with E-state index in [9.17, 15) is 4.79 Å². The zero-order valence-electron chi connectivity index (χ0n) is 12.2. The maximum atomic E-state index is 11.3. The van der Waals surface area contributed by atoms with Crippen molar-refractivity contribution >= 4 is 5.91 Å². The second-order valence-corrected chi connectivity index (χ2v) is 5.59. The molecule has 1 N–H and O–H groups in total. The largest absolute Gasteiger partial charge is 0.359 e. The van der Waals surface area contributed by atoms with Crippen LogP contribution in [0.3, 0.4) is 0 Å². The number of likely N-dealkylation sites (tertiary alicyclic amines) is 1. The average molecular weight is 252 g/mol. The van der Waals surface area contributed by atoms with E-state index in [4.69, 9.17) is 0 Å². The fraction of sp³-hybridized carbons (Fsp3) is 0.800. The molecular weight excluding hydrogens is 224 g/mol. The highest BCUT2D eigenvalue weighted by molar-refractivity contribution is 5.75. The van der Waals surface area contributed by atoms with E-state index in [1.165, 1.54) is 38.0 Å². The summed E-state index contributed by atoms with van der Waals surface area (Å²) in [5.74, 6) is 0.888. The molecule has 1 amide bonds. The number of carbonyl (C=O) groups excluding carboxylic acids is 1. The molecule has 0 aromatic rings. The lowest BCUT2D eigenvalue weighted by Crippen LogP contribution is -2.36. The lowest BCUT2D eigenvalue weighted by molar-refractivity contribution is -0.121. The van der Waals surface area contributed by atoms with Crippen molar-refractivity contribution in [3.63, 3.8) is 0 Å². The molecule has 1 saturated heterocycles. The highest BCUT2D eigenvalue weighted by atomic mass is 16.1. The van der Waals surface area contributed by atoms with Crippen molar-refractivity contribution in [3.8, 4) is 0 Å². The Morgan fingerprint density at radius 2 is 2.22 bits per heavy atom. The Balaban J connectivity index is 2.23. The molecule has 0 aromatic heterocycles. The van der Waals surface area contributed by atoms with Gasteiger partial charge >= 0.3 is 0 Å². The molecule has 1 aliphatic rings. The van der Waals surface area contributed by atoms with Gasteiger partial charge in [0.2, 0.25) is 5.91 Å². The number of hydrogen-bond donors (Lipinski definition) is 1.